The van der Waals surface area contributed by atoms with Crippen LogP contribution in [0.2, 0.25) is 0 Å². The summed E-state index contributed by atoms with van der Waals surface area (Å²) in [6, 6.07) is 0. The molecule has 0 heterocycles. The van der Waals surface area contributed by atoms with E-state index in [9.17, 15) is 15.0 Å². The third-order valence-electron chi connectivity index (χ3n) is 4.39. The van der Waals surface area contributed by atoms with Crippen molar-refractivity contribution < 1.29 is 63.8 Å². The van der Waals surface area contributed by atoms with Gasteiger partial charge in [0, 0.05) is 50.5 Å². The number of esters is 1. The van der Waals surface area contributed by atoms with Gasteiger partial charge in [-0.1, -0.05) is 32.6 Å². The molecule has 0 amide bonds. The van der Waals surface area contributed by atoms with Crippen LogP contribution in [0.15, 0.2) is 0 Å². The average molecular weight is 499 g/mol. The molecular weight excluding hydrogens is 471 g/mol. The van der Waals surface area contributed by atoms with Crippen molar-refractivity contribution in [3.05, 3.63) is 0 Å². The van der Waals surface area contributed by atoms with Gasteiger partial charge in [0.1, 0.15) is 0 Å². The maximum Gasteiger partial charge on any atom is 0.305 e. The van der Waals surface area contributed by atoms with Gasteiger partial charge in [-0.3, -0.25) is 4.79 Å². The number of hydrogen-bond acceptors (Lipinski definition) is 4. The maximum atomic E-state index is 10.9. The molecule has 0 spiro atoms. The van der Waals surface area contributed by atoms with Gasteiger partial charge in [0.05, 0.1) is 19.3 Å². The summed E-state index contributed by atoms with van der Waals surface area (Å²) >= 11 is 0. The molecule has 1 fully saturated rings. The van der Waals surface area contributed by atoms with E-state index in [1.165, 1.54) is 7.11 Å². The van der Waals surface area contributed by atoms with Crippen molar-refractivity contribution in [3.63, 3.8) is 0 Å². The van der Waals surface area contributed by atoms with Crippen LogP contribution < -0.4 is 0 Å². The van der Waals surface area contributed by atoms with Crippen LogP contribution in [-0.2, 0) is 9.53 Å². The van der Waals surface area contributed by atoms with Gasteiger partial charge in [0.2, 0.25) is 0 Å². The summed E-state index contributed by atoms with van der Waals surface area (Å²) in [5.74, 6) is 0.367. The predicted molar refractivity (Wildman–Crippen MR) is 73.6 cm³/mol. The van der Waals surface area contributed by atoms with Gasteiger partial charge in [-0.2, -0.15) is 0 Å². The van der Waals surface area contributed by atoms with E-state index < -0.39 is 0 Å². The number of carbonyl (C=O) groups excluding carboxylic acids is 1. The van der Waals surface area contributed by atoms with Crippen molar-refractivity contribution in [2.75, 3.05) is 7.11 Å². The Morgan fingerprint density at radius 2 is 1.70 bits per heavy atom. The van der Waals surface area contributed by atoms with E-state index in [4.69, 9.17) is 0 Å². The first-order chi connectivity index (χ1) is 9.10. The quantitative estimate of drug-likeness (QED) is 0.398. The normalized spacial score (nSPS) is 29.0. The smallest absolute Gasteiger partial charge is 0.305 e. The van der Waals surface area contributed by atoms with Crippen molar-refractivity contribution in [3.8, 4) is 0 Å². The topological polar surface area (TPSA) is 66.8 Å². The molecule has 0 bridgehead atoms. The summed E-state index contributed by atoms with van der Waals surface area (Å²) in [5.41, 5.74) is 0. The molecule has 0 saturated heterocycles. The van der Waals surface area contributed by atoms with Gasteiger partial charge < -0.3 is 14.9 Å². The minimum Gasteiger partial charge on any atom is -0.469 e. The van der Waals surface area contributed by atoms with Crippen molar-refractivity contribution >= 4 is 5.97 Å². The van der Waals surface area contributed by atoms with E-state index in [1.807, 2.05) is 0 Å². The van der Waals surface area contributed by atoms with E-state index in [0.29, 0.717) is 12.8 Å². The molecule has 2 N–H and O–H groups in total. The average Bonchev–Trinajstić information content (AvgIpc) is 2.67. The van der Waals surface area contributed by atoms with E-state index in [1.54, 1.807) is 0 Å². The van der Waals surface area contributed by atoms with Crippen LogP contribution in [0, 0.1) is 55.9 Å². The molecule has 1 radical (unpaired) electrons. The third-order valence-corrected chi connectivity index (χ3v) is 4.39. The summed E-state index contributed by atoms with van der Waals surface area (Å²) in [6.45, 7) is 2.08. The Kier molecular flexibility index (Phi) is 11.9. The second-order valence-corrected chi connectivity index (χ2v) is 5.64. The molecule has 115 valence electrons. The molecule has 0 aromatic rings. The first kappa shape index (κ1) is 20.8. The van der Waals surface area contributed by atoms with E-state index >= 15 is 0 Å². The van der Waals surface area contributed by atoms with Gasteiger partial charge in [-0.25, -0.2) is 0 Å². The van der Waals surface area contributed by atoms with Crippen LogP contribution >= 0.6 is 0 Å². The van der Waals surface area contributed by atoms with Gasteiger partial charge in [0.25, 0.3) is 0 Å². The van der Waals surface area contributed by atoms with Gasteiger partial charge in [-0.15, -0.1) is 0 Å². The van der Waals surface area contributed by atoms with Crippen LogP contribution in [0.5, 0.6) is 0 Å². The minimum absolute atomic E-state index is 0. The molecule has 4 nitrogen and oxygen atoms in total. The molecule has 0 aliphatic heterocycles. The van der Waals surface area contributed by atoms with Crippen LogP contribution in [-0.4, -0.2) is 35.5 Å². The molecule has 1 saturated carbocycles. The molecule has 1 aliphatic carbocycles. The number of aliphatic hydroxyl groups is 2. The summed E-state index contributed by atoms with van der Waals surface area (Å²) in [5, 5.41) is 19.8. The monoisotopic (exact) mass is 499 g/mol. The van der Waals surface area contributed by atoms with Gasteiger partial charge in [-0.05, 0) is 31.1 Å². The fraction of sp³-hybridized carbons (Fsp3) is 0.933. The molecule has 20 heavy (non-hydrogen) atoms. The number of rotatable bonds is 8. The number of aliphatic hydroxyl groups excluding tert-OH is 2. The molecular formula is C15H28AcO4. The standard InChI is InChI=1S/C15H28O4.Ac/c1-3-11-12(14(17)10-13(11)16)8-6-4-5-7-9-15(18)19-2;/h11-14,16-17H,3-10H2,1-2H3;/t11-,12?,13-,14+;/m1./s1. The summed E-state index contributed by atoms with van der Waals surface area (Å²) in [6.07, 6.45) is 6.32. The molecule has 4 atom stereocenters. The molecule has 1 aliphatic rings. The molecule has 1 unspecified atom stereocenters. The summed E-state index contributed by atoms with van der Waals surface area (Å²) in [7, 11) is 1.42. The zero-order valence-corrected chi connectivity index (χ0v) is 17.5. The van der Waals surface area contributed by atoms with Crippen LogP contribution in [0.3, 0.4) is 0 Å². The maximum absolute atomic E-state index is 10.9. The minimum atomic E-state index is -0.338. The first-order valence-electron chi connectivity index (χ1n) is 7.53. The van der Waals surface area contributed by atoms with Crippen LogP contribution in [0.25, 0.3) is 0 Å². The van der Waals surface area contributed by atoms with Crippen LogP contribution in [0.1, 0.15) is 58.3 Å². The number of carbonyl (C=O) groups is 1. The van der Waals surface area contributed by atoms with Gasteiger partial charge >= 0.3 is 5.97 Å². The second-order valence-electron chi connectivity index (χ2n) is 5.64. The molecule has 5 heteroatoms. The Morgan fingerprint density at radius 3 is 2.30 bits per heavy atom. The number of hydrogen-bond donors (Lipinski definition) is 2. The van der Waals surface area contributed by atoms with E-state index in [-0.39, 0.29) is 74.1 Å². The largest absolute Gasteiger partial charge is 0.469 e. The van der Waals surface area contributed by atoms with Crippen molar-refractivity contribution in [2.45, 2.75) is 70.5 Å². The Labute approximate surface area is 158 Å². The van der Waals surface area contributed by atoms with E-state index in [0.717, 1.165) is 38.5 Å². The fourth-order valence-electron chi connectivity index (χ4n) is 3.25. The van der Waals surface area contributed by atoms with Crippen molar-refractivity contribution in [2.24, 2.45) is 11.8 Å². The van der Waals surface area contributed by atoms with Crippen molar-refractivity contribution in [1.29, 1.82) is 0 Å². The molecule has 1 rings (SSSR count). The number of ether oxygens (including phenoxy) is 1. The Bertz CT molecular complexity index is 273. The van der Waals surface area contributed by atoms with Crippen molar-refractivity contribution in [1.82, 2.24) is 0 Å². The first-order valence-corrected chi connectivity index (χ1v) is 7.53. The molecule has 0 aromatic heterocycles. The Hall–Kier alpha value is 0.832. The van der Waals surface area contributed by atoms with E-state index in [2.05, 4.69) is 11.7 Å². The SMILES string of the molecule is CC[C@@H]1C(CCCCCCC(=O)OC)[C@@H](O)C[C@H]1O.[Ac]. The number of unbranched alkanes of at least 4 members (excludes halogenated alkanes) is 3. The zero-order chi connectivity index (χ0) is 14.3. The molecule has 0 aromatic carbocycles. The fourth-order valence-corrected chi connectivity index (χ4v) is 3.25. The Morgan fingerprint density at radius 1 is 1.10 bits per heavy atom. The second kappa shape index (κ2) is 11.4. The summed E-state index contributed by atoms with van der Waals surface area (Å²) < 4.78 is 4.59. The number of methoxy groups -OCH3 is 1. The van der Waals surface area contributed by atoms with Gasteiger partial charge in [0.15, 0.2) is 0 Å². The Balaban J connectivity index is 0.00000361. The third kappa shape index (κ3) is 6.73. The zero-order valence-electron chi connectivity index (χ0n) is 12.8. The summed E-state index contributed by atoms with van der Waals surface area (Å²) in [4.78, 5) is 10.9. The van der Waals surface area contributed by atoms with Crippen LogP contribution in [0.4, 0.5) is 0 Å². The predicted octanol–water partition coefficient (Wildman–Crippen LogP) is 2.27.